The van der Waals surface area contributed by atoms with Crippen molar-refractivity contribution in [2.24, 2.45) is 0 Å². The molecule has 1 aromatic carbocycles. The Hall–Kier alpha value is -2.43. The lowest BCUT2D eigenvalue weighted by Crippen LogP contribution is -2.31. The zero-order valence-corrected chi connectivity index (χ0v) is 11.4. The number of ether oxygens (including phenoxy) is 1. The van der Waals surface area contributed by atoms with Gasteiger partial charge in [0.25, 0.3) is 5.91 Å². The third kappa shape index (κ3) is 3.18. The molecule has 2 aromatic rings. The van der Waals surface area contributed by atoms with Crippen LogP contribution in [-0.4, -0.2) is 35.0 Å². The maximum absolute atomic E-state index is 13.0. The Morgan fingerprint density at radius 2 is 2.00 bits per heavy atom. The first-order valence-corrected chi connectivity index (χ1v) is 6.86. The summed E-state index contributed by atoms with van der Waals surface area (Å²) in [5, 5.41) is 0. The number of pyridine rings is 1. The van der Waals surface area contributed by atoms with Gasteiger partial charge in [-0.25, -0.2) is 0 Å². The number of likely N-dealkylation sites (tertiary alicyclic amines) is 1. The van der Waals surface area contributed by atoms with E-state index < -0.39 is 5.95 Å². The highest BCUT2D eigenvalue weighted by Crippen LogP contribution is 2.18. The predicted molar refractivity (Wildman–Crippen MR) is 75.6 cm³/mol. The van der Waals surface area contributed by atoms with Crippen LogP contribution in [0.15, 0.2) is 48.5 Å². The maximum Gasteiger partial charge on any atom is 0.253 e. The number of aromatic nitrogens is 1. The third-order valence-corrected chi connectivity index (χ3v) is 3.43. The van der Waals surface area contributed by atoms with Crippen molar-refractivity contribution in [3.8, 4) is 5.88 Å². The van der Waals surface area contributed by atoms with Crippen LogP contribution in [0.5, 0.6) is 5.88 Å². The summed E-state index contributed by atoms with van der Waals surface area (Å²) in [6.07, 6.45) is 0.573. The zero-order chi connectivity index (χ0) is 14.7. The van der Waals surface area contributed by atoms with E-state index in [0.717, 1.165) is 6.42 Å². The van der Waals surface area contributed by atoms with E-state index in [0.29, 0.717) is 18.7 Å². The largest absolute Gasteiger partial charge is 0.472 e. The van der Waals surface area contributed by atoms with Crippen LogP contribution >= 0.6 is 0 Å². The third-order valence-electron chi connectivity index (χ3n) is 3.43. The fraction of sp³-hybridized carbons (Fsp3) is 0.250. The van der Waals surface area contributed by atoms with Crippen LogP contribution in [0.25, 0.3) is 0 Å². The van der Waals surface area contributed by atoms with Gasteiger partial charge in [0, 0.05) is 24.6 Å². The minimum absolute atomic E-state index is 0.00565. The first kappa shape index (κ1) is 13.5. The summed E-state index contributed by atoms with van der Waals surface area (Å²) in [5.74, 6) is -0.314. The van der Waals surface area contributed by atoms with E-state index in [-0.39, 0.29) is 17.9 Å². The Morgan fingerprint density at radius 1 is 1.19 bits per heavy atom. The van der Waals surface area contributed by atoms with Crippen LogP contribution in [0.2, 0.25) is 0 Å². The standard InChI is InChI=1S/C16H15FN2O2/c17-14-7-4-8-15(18-14)21-13-9-10-19(11-13)16(20)12-5-2-1-3-6-12/h1-8,13H,9-11H2. The summed E-state index contributed by atoms with van der Waals surface area (Å²) in [7, 11) is 0. The molecule has 2 heterocycles. The number of rotatable bonds is 3. The van der Waals surface area contributed by atoms with Crippen molar-refractivity contribution in [1.82, 2.24) is 9.88 Å². The summed E-state index contributed by atoms with van der Waals surface area (Å²) in [4.78, 5) is 17.7. The summed E-state index contributed by atoms with van der Waals surface area (Å²) in [5.41, 5.74) is 0.669. The molecule has 1 saturated heterocycles. The average Bonchev–Trinajstić information content (AvgIpc) is 2.96. The molecule has 0 radical (unpaired) electrons. The van der Waals surface area contributed by atoms with E-state index in [1.165, 1.54) is 6.07 Å². The Kier molecular flexibility index (Phi) is 3.81. The van der Waals surface area contributed by atoms with Crippen molar-refractivity contribution in [2.45, 2.75) is 12.5 Å². The summed E-state index contributed by atoms with van der Waals surface area (Å²) < 4.78 is 18.6. The van der Waals surface area contributed by atoms with Gasteiger partial charge >= 0.3 is 0 Å². The topological polar surface area (TPSA) is 42.4 Å². The molecule has 21 heavy (non-hydrogen) atoms. The summed E-state index contributed by atoms with van der Waals surface area (Å²) >= 11 is 0. The second-order valence-corrected chi connectivity index (χ2v) is 4.94. The zero-order valence-electron chi connectivity index (χ0n) is 11.4. The van der Waals surface area contributed by atoms with Gasteiger partial charge in [-0.1, -0.05) is 24.3 Å². The molecule has 0 aliphatic carbocycles. The molecular formula is C16H15FN2O2. The van der Waals surface area contributed by atoms with Gasteiger partial charge in [-0.3, -0.25) is 4.79 Å². The van der Waals surface area contributed by atoms with E-state index >= 15 is 0 Å². The molecule has 0 spiro atoms. The number of hydrogen-bond donors (Lipinski definition) is 0. The van der Waals surface area contributed by atoms with Crippen molar-refractivity contribution in [1.29, 1.82) is 0 Å². The van der Waals surface area contributed by atoms with Crippen molar-refractivity contribution < 1.29 is 13.9 Å². The first-order chi connectivity index (χ1) is 10.2. The highest BCUT2D eigenvalue weighted by Gasteiger charge is 2.28. The van der Waals surface area contributed by atoms with Crippen LogP contribution in [0.3, 0.4) is 0 Å². The lowest BCUT2D eigenvalue weighted by atomic mass is 10.2. The highest BCUT2D eigenvalue weighted by atomic mass is 19.1. The number of carbonyl (C=O) groups is 1. The fourth-order valence-corrected chi connectivity index (χ4v) is 2.40. The van der Waals surface area contributed by atoms with E-state index in [1.807, 2.05) is 18.2 Å². The Morgan fingerprint density at radius 3 is 2.76 bits per heavy atom. The fourth-order valence-electron chi connectivity index (χ4n) is 2.40. The van der Waals surface area contributed by atoms with Crippen LogP contribution < -0.4 is 4.74 Å². The number of benzene rings is 1. The molecule has 1 aliphatic rings. The predicted octanol–water partition coefficient (Wildman–Crippen LogP) is 2.51. The second-order valence-electron chi connectivity index (χ2n) is 4.94. The molecule has 5 heteroatoms. The van der Waals surface area contributed by atoms with E-state index in [2.05, 4.69) is 4.98 Å². The number of halogens is 1. The second kappa shape index (κ2) is 5.91. The lowest BCUT2D eigenvalue weighted by Gasteiger charge is -2.17. The number of amides is 1. The summed E-state index contributed by atoms with van der Waals surface area (Å²) in [6.45, 7) is 1.12. The van der Waals surface area contributed by atoms with Crippen LogP contribution in [0.4, 0.5) is 4.39 Å². The molecule has 1 amide bonds. The van der Waals surface area contributed by atoms with Crippen molar-refractivity contribution >= 4 is 5.91 Å². The van der Waals surface area contributed by atoms with Gasteiger partial charge in [0.05, 0.1) is 6.54 Å². The normalized spacial score (nSPS) is 17.8. The van der Waals surface area contributed by atoms with Gasteiger partial charge in [0.2, 0.25) is 11.8 Å². The van der Waals surface area contributed by atoms with Gasteiger partial charge < -0.3 is 9.64 Å². The molecule has 4 nitrogen and oxygen atoms in total. The average molecular weight is 286 g/mol. The smallest absolute Gasteiger partial charge is 0.253 e. The molecule has 1 aliphatic heterocycles. The molecule has 1 atom stereocenters. The number of hydrogen-bond acceptors (Lipinski definition) is 3. The van der Waals surface area contributed by atoms with Gasteiger partial charge in [0.1, 0.15) is 6.10 Å². The Balaban J connectivity index is 1.62. The van der Waals surface area contributed by atoms with E-state index in [4.69, 9.17) is 4.74 Å². The Bertz CT molecular complexity index is 633. The summed E-state index contributed by atoms with van der Waals surface area (Å²) in [6, 6.07) is 13.6. The van der Waals surface area contributed by atoms with Crippen molar-refractivity contribution in [2.75, 3.05) is 13.1 Å². The molecule has 0 bridgehead atoms. The number of nitrogens with zero attached hydrogens (tertiary/aromatic N) is 2. The molecule has 1 unspecified atom stereocenters. The van der Waals surface area contributed by atoms with Gasteiger partial charge in [0.15, 0.2) is 0 Å². The van der Waals surface area contributed by atoms with Crippen LogP contribution in [0.1, 0.15) is 16.8 Å². The SMILES string of the molecule is O=C(c1ccccc1)N1CCC(Oc2cccc(F)n2)C1. The quantitative estimate of drug-likeness (QED) is 0.814. The molecule has 0 saturated carbocycles. The van der Waals surface area contributed by atoms with Gasteiger partial charge in [-0.2, -0.15) is 9.37 Å². The molecule has 0 N–H and O–H groups in total. The van der Waals surface area contributed by atoms with Crippen LogP contribution in [0, 0.1) is 5.95 Å². The minimum atomic E-state index is -0.567. The van der Waals surface area contributed by atoms with Crippen molar-refractivity contribution in [3.05, 3.63) is 60.0 Å². The molecule has 1 aromatic heterocycles. The highest BCUT2D eigenvalue weighted by molar-refractivity contribution is 5.94. The molecular weight excluding hydrogens is 271 g/mol. The van der Waals surface area contributed by atoms with Crippen molar-refractivity contribution in [3.63, 3.8) is 0 Å². The van der Waals surface area contributed by atoms with Gasteiger partial charge in [-0.05, 0) is 18.2 Å². The molecule has 108 valence electrons. The van der Waals surface area contributed by atoms with Crippen LogP contribution in [-0.2, 0) is 0 Å². The van der Waals surface area contributed by atoms with E-state index in [1.54, 1.807) is 29.2 Å². The molecule has 3 rings (SSSR count). The minimum Gasteiger partial charge on any atom is -0.472 e. The first-order valence-electron chi connectivity index (χ1n) is 6.86. The maximum atomic E-state index is 13.0. The lowest BCUT2D eigenvalue weighted by molar-refractivity contribution is 0.0771. The molecule has 1 fully saturated rings. The van der Waals surface area contributed by atoms with Gasteiger partial charge in [-0.15, -0.1) is 0 Å². The Labute approximate surface area is 122 Å². The number of carbonyl (C=O) groups excluding carboxylic acids is 1. The van der Waals surface area contributed by atoms with E-state index in [9.17, 15) is 9.18 Å². The monoisotopic (exact) mass is 286 g/mol.